The topological polar surface area (TPSA) is 106 Å². The van der Waals surface area contributed by atoms with Crippen molar-refractivity contribution in [3.05, 3.63) is 26.2 Å². The van der Waals surface area contributed by atoms with Crippen molar-refractivity contribution in [2.75, 3.05) is 27.2 Å². The predicted molar refractivity (Wildman–Crippen MR) is 74.4 cm³/mol. The molecule has 0 aliphatic heterocycles. The van der Waals surface area contributed by atoms with E-state index in [0.717, 1.165) is 5.01 Å². The van der Waals surface area contributed by atoms with Gasteiger partial charge in [0, 0.05) is 11.9 Å². The number of carbonyl (C=O) groups excluding carboxylic acids is 1. The molecule has 1 rings (SSSR count). The summed E-state index contributed by atoms with van der Waals surface area (Å²) in [6.45, 7) is 1.70. The van der Waals surface area contributed by atoms with Crippen LogP contribution in [0.2, 0.25) is 0 Å². The fourth-order valence-electron chi connectivity index (χ4n) is 0.843. The molecule has 10 heteroatoms. The molecule has 0 radical (unpaired) electrons. The first-order chi connectivity index (χ1) is 8.51. The fraction of sp³-hybridized carbons (Fsp3) is 0.556. The second kappa shape index (κ2) is 11.6. The van der Waals surface area contributed by atoms with Gasteiger partial charge in [0.2, 0.25) is 0 Å². The molecule has 0 aliphatic carbocycles. The maximum Gasteiger partial charge on any atom is 0.294 e. The Bertz CT molecular complexity index is 388. The quantitative estimate of drug-likeness (QED) is 0.469. The molecule has 0 saturated heterocycles. The molecular formula is C9H17ClN4O4S. The van der Waals surface area contributed by atoms with E-state index in [1.165, 1.54) is 11.3 Å². The summed E-state index contributed by atoms with van der Waals surface area (Å²) in [5.74, 6) is -0.355. The van der Waals surface area contributed by atoms with Crippen LogP contribution in [0.3, 0.4) is 0 Å². The van der Waals surface area contributed by atoms with Gasteiger partial charge in [0.05, 0.1) is 5.01 Å². The highest BCUT2D eigenvalue weighted by Crippen LogP contribution is 2.07. The minimum atomic E-state index is -0.904. The third-order valence-corrected chi connectivity index (χ3v) is 2.21. The van der Waals surface area contributed by atoms with Gasteiger partial charge in [0.25, 0.3) is 11.0 Å². The molecular weight excluding hydrogens is 296 g/mol. The van der Waals surface area contributed by atoms with E-state index < -0.39 is 5.09 Å². The molecule has 0 atom stereocenters. The highest BCUT2D eigenvalue weighted by molar-refractivity contribution is 7.09. The lowest BCUT2D eigenvalue weighted by Gasteiger charge is -2.01. The first-order valence-electron chi connectivity index (χ1n) is 5.07. The lowest BCUT2D eigenvalue weighted by molar-refractivity contribution is -0.757. The van der Waals surface area contributed by atoms with Crippen molar-refractivity contribution >= 4 is 29.7 Å². The minimum Gasteiger partial charge on any atom is -0.349 e. The van der Waals surface area contributed by atoms with Crippen molar-refractivity contribution in [3.8, 4) is 0 Å². The van der Waals surface area contributed by atoms with Crippen LogP contribution in [-0.4, -0.2) is 43.2 Å². The van der Waals surface area contributed by atoms with Crippen molar-refractivity contribution in [1.82, 2.24) is 15.6 Å². The molecule has 0 spiro atoms. The molecule has 1 amide bonds. The zero-order chi connectivity index (χ0) is 14.0. The lowest BCUT2D eigenvalue weighted by atomic mass is 10.4. The maximum absolute atomic E-state index is 11.3. The monoisotopic (exact) mass is 312 g/mol. The average molecular weight is 313 g/mol. The summed E-state index contributed by atoms with van der Waals surface area (Å²) in [6, 6.07) is 0. The number of thiazole rings is 1. The number of nitrogens with one attached hydrogen (secondary N) is 2. The predicted octanol–water partition coefficient (Wildman–Crippen LogP) is 0.647. The third kappa shape index (κ3) is 10.2. The average Bonchev–Trinajstić information content (AvgIpc) is 2.72. The molecule has 0 aliphatic rings. The van der Waals surface area contributed by atoms with Gasteiger partial charge in [-0.1, -0.05) is 0 Å². The van der Waals surface area contributed by atoms with Gasteiger partial charge in [-0.15, -0.1) is 33.9 Å². The van der Waals surface area contributed by atoms with Crippen LogP contribution in [0.15, 0.2) is 5.38 Å². The Balaban J connectivity index is 0. The van der Waals surface area contributed by atoms with Crippen molar-refractivity contribution in [2.24, 2.45) is 0 Å². The molecule has 19 heavy (non-hydrogen) atoms. The van der Waals surface area contributed by atoms with Crippen LogP contribution in [0.25, 0.3) is 0 Å². The second-order valence-corrected chi connectivity index (χ2v) is 4.13. The van der Waals surface area contributed by atoms with E-state index >= 15 is 0 Å². The number of carbonyl (C=O) groups is 1. The largest absolute Gasteiger partial charge is 0.349 e. The molecule has 0 bridgehead atoms. The highest BCUT2D eigenvalue weighted by Gasteiger charge is 2.08. The van der Waals surface area contributed by atoms with Crippen LogP contribution >= 0.6 is 23.7 Å². The third-order valence-electron chi connectivity index (χ3n) is 1.44. The zero-order valence-electron chi connectivity index (χ0n) is 10.8. The van der Waals surface area contributed by atoms with Gasteiger partial charge in [-0.25, -0.2) is 4.98 Å². The standard InChI is InChI=1S/C7H9N3O4S.C2H7N.ClH/c1-5-9-6(4-15-5)7(11)8-2-3-14-10(12)13;1-3-2;/h4H,2-3H2,1H3,(H,8,11);3H,1-2H3;1H. The number of amides is 1. The summed E-state index contributed by atoms with van der Waals surface area (Å²) in [5, 5.41) is 16.5. The summed E-state index contributed by atoms with van der Waals surface area (Å²) < 4.78 is 0. The Kier molecular flexibility index (Phi) is 12.2. The van der Waals surface area contributed by atoms with Crippen LogP contribution in [0.4, 0.5) is 0 Å². The van der Waals surface area contributed by atoms with E-state index in [2.05, 4.69) is 20.5 Å². The molecule has 2 N–H and O–H groups in total. The van der Waals surface area contributed by atoms with E-state index in [1.54, 1.807) is 12.3 Å². The fourth-order valence-corrected chi connectivity index (χ4v) is 1.44. The van der Waals surface area contributed by atoms with E-state index in [4.69, 9.17) is 0 Å². The van der Waals surface area contributed by atoms with Crippen LogP contribution in [0.5, 0.6) is 0 Å². The van der Waals surface area contributed by atoms with E-state index in [0.29, 0.717) is 5.69 Å². The number of hydrogen-bond donors (Lipinski definition) is 2. The van der Waals surface area contributed by atoms with Gasteiger partial charge in [-0.05, 0) is 21.0 Å². The Morgan fingerprint density at radius 2 is 2.16 bits per heavy atom. The van der Waals surface area contributed by atoms with Crippen molar-refractivity contribution < 1.29 is 14.7 Å². The number of nitrogens with zero attached hydrogens (tertiary/aromatic N) is 2. The summed E-state index contributed by atoms with van der Waals surface area (Å²) in [7, 11) is 3.75. The van der Waals surface area contributed by atoms with Crippen molar-refractivity contribution in [2.45, 2.75) is 6.92 Å². The van der Waals surface area contributed by atoms with E-state index in [9.17, 15) is 14.9 Å². The molecule has 8 nitrogen and oxygen atoms in total. The SMILES string of the molecule is CNC.Cc1nc(C(=O)NCCO[N+](=O)[O-])cs1.Cl. The molecule has 0 saturated carbocycles. The maximum atomic E-state index is 11.3. The summed E-state index contributed by atoms with van der Waals surface area (Å²) in [5.41, 5.74) is 0.318. The van der Waals surface area contributed by atoms with Gasteiger partial charge in [0.1, 0.15) is 12.3 Å². The van der Waals surface area contributed by atoms with Gasteiger partial charge < -0.3 is 15.5 Å². The second-order valence-electron chi connectivity index (χ2n) is 3.06. The van der Waals surface area contributed by atoms with Gasteiger partial charge in [0.15, 0.2) is 0 Å². The number of rotatable bonds is 5. The van der Waals surface area contributed by atoms with Crippen LogP contribution in [-0.2, 0) is 4.84 Å². The number of halogens is 1. The van der Waals surface area contributed by atoms with Crippen LogP contribution in [0, 0.1) is 17.0 Å². The number of hydrogen-bond acceptors (Lipinski definition) is 7. The molecule has 1 aromatic heterocycles. The summed E-state index contributed by atoms with van der Waals surface area (Å²) in [4.78, 5) is 29.1. The zero-order valence-corrected chi connectivity index (χ0v) is 12.5. The summed E-state index contributed by atoms with van der Waals surface area (Å²) >= 11 is 1.37. The number of aromatic nitrogens is 1. The van der Waals surface area contributed by atoms with Crippen molar-refractivity contribution in [1.29, 1.82) is 0 Å². The van der Waals surface area contributed by atoms with Gasteiger partial charge >= 0.3 is 0 Å². The first-order valence-corrected chi connectivity index (χ1v) is 5.95. The molecule has 110 valence electrons. The lowest BCUT2D eigenvalue weighted by Crippen LogP contribution is -2.28. The Morgan fingerprint density at radius 1 is 1.58 bits per heavy atom. The molecule has 1 aromatic rings. The van der Waals surface area contributed by atoms with E-state index in [-0.39, 0.29) is 31.5 Å². The van der Waals surface area contributed by atoms with E-state index in [1.807, 2.05) is 14.1 Å². The molecule has 1 heterocycles. The molecule has 0 fully saturated rings. The van der Waals surface area contributed by atoms with Gasteiger partial charge in [-0.3, -0.25) is 4.79 Å². The van der Waals surface area contributed by atoms with Crippen LogP contribution in [0.1, 0.15) is 15.5 Å². The Hall–Kier alpha value is -1.45. The smallest absolute Gasteiger partial charge is 0.294 e. The normalized spacial score (nSPS) is 8.58. The van der Waals surface area contributed by atoms with Crippen molar-refractivity contribution in [3.63, 3.8) is 0 Å². The molecule has 0 aromatic carbocycles. The Labute approximate surface area is 121 Å². The Morgan fingerprint density at radius 3 is 2.58 bits per heavy atom. The molecule has 0 unspecified atom stereocenters. The van der Waals surface area contributed by atoms with Crippen LogP contribution < -0.4 is 10.6 Å². The minimum absolute atomic E-state index is 0. The summed E-state index contributed by atoms with van der Waals surface area (Å²) in [6.07, 6.45) is 0. The number of aryl methyl sites for hydroxylation is 1. The van der Waals surface area contributed by atoms with Gasteiger partial charge in [-0.2, -0.15) is 0 Å². The highest BCUT2D eigenvalue weighted by atomic mass is 35.5. The first kappa shape index (κ1) is 19.9.